The molecule has 0 aliphatic carbocycles. The number of likely N-dealkylation sites (tertiary alicyclic amines) is 1. The Morgan fingerprint density at radius 2 is 1.79 bits per heavy atom. The Morgan fingerprint density at radius 3 is 2.26 bits per heavy atom. The van der Waals surface area contributed by atoms with Gasteiger partial charge < -0.3 is 14.6 Å². The summed E-state index contributed by atoms with van der Waals surface area (Å²) in [5.74, 6) is -0.264. The molecule has 2 aliphatic rings. The van der Waals surface area contributed by atoms with Crippen LogP contribution in [0.4, 0.5) is 8.78 Å². The average molecular weight is 599 g/mol. The summed E-state index contributed by atoms with van der Waals surface area (Å²) < 4.78 is 31.3. The maximum Gasteiger partial charge on any atom is 0.177 e. The molecule has 1 fully saturated rings. The summed E-state index contributed by atoms with van der Waals surface area (Å²) >= 11 is 3.83. The molecule has 42 heavy (non-hydrogen) atoms. The van der Waals surface area contributed by atoms with Crippen molar-refractivity contribution in [1.29, 1.82) is 0 Å². The topological polar surface area (TPSA) is 79.2 Å². The van der Waals surface area contributed by atoms with Gasteiger partial charge in [0.2, 0.25) is 0 Å². The average Bonchev–Trinajstić information content (AvgIpc) is 3.32. The smallest absolute Gasteiger partial charge is 0.177 e. The molecule has 2 aliphatic heterocycles. The van der Waals surface area contributed by atoms with Crippen molar-refractivity contribution >= 4 is 43.3 Å². The van der Waals surface area contributed by atoms with E-state index in [4.69, 9.17) is 12.6 Å². The van der Waals surface area contributed by atoms with Crippen LogP contribution in [0, 0.1) is 17.0 Å². The van der Waals surface area contributed by atoms with Gasteiger partial charge >= 0.3 is 0 Å². The lowest BCUT2D eigenvalue weighted by Gasteiger charge is -2.49. The summed E-state index contributed by atoms with van der Waals surface area (Å²) in [5, 5.41) is 9.24. The number of β-amino-alcohol motifs (C(OH)–C–C–N with tert-alkyl or cyclic N) is 1. The van der Waals surface area contributed by atoms with Gasteiger partial charge in [-0.25, -0.2) is 8.78 Å². The predicted molar refractivity (Wildman–Crippen MR) is 169 cm³/mol. The van der Waals surface area contributed by atoms with Crippen LogP contribution in [0.2, 0.25) is 0 Å². The van der Waals surface area contributed by atoms with Crippen LogP contribution < -0.4 is 4.74 Å². The first-order valence-corrected chi connectivity index (χ1v) is 14.1. The summed E-state index contributed by atoms with van der Waals surface area (Å²) in [4.78, 5) is 26.5. The van der Waals surface area contributed by atoms with Crippen LogP contribution >= 0.6 is 12.6 Å². The summed E-state index contributed by atoms with van der Waals surface area (Å²) in [6.45, 7) is 13.9. The van der Waals surface area contributed by atoms with Gasteiger partial charge in [-0.15, -0.1) is 0 Å². The van der Waals surface area contributed by atoms with Gasteiger partial charge in [0.05, 0.1) is 18.5 Å². The van der Waals surface area contributed by atoms with Gasteiger partial charge in [0.1, 0.15) is 36.7 Å². The van der Waals surface area contributed by atoms with Crippen LogP contribution in [0.3, 0.4) is 0 Å². The highest BCUT2D eigenvalue weighted by Crippen LogP contribution is 2.34. The monoisotopic (exact) mass is 598 g/mol. The third kappa shape index (κ3) is 11.5. The zero-order valence-corrected chi connectivity index (χ0v) is 26.4. The van der Waals surface area contributed by atoms with E-state index in [1.54, 1.807) is 20.1 Å². The molecule has 0 saturated carbocycles. The van der Waals surface area contributed by atoms with Crippen molar-refractivity contribution in [3.63, 3.8) is 0 Å². The molecule has 4 rings (SSSR count). The Balaban J connectivity index is 0.000000223. The SMILES string of the molecule is CC(=O)C1=NCC(c2ccc(F)cc2F)=C1.COc1cccc(C(C)(C)C)c1.[B]C(O)(S)CN1CC(C)(CC(C)=O)C1. The van der Waals surface area contributed by atoms with Crippen molar-refractivity contribution in [3.05, 3.63) is 71.3 Å². The van der Waals surface area contributed by atoms with E-state index in [2.05, 4.69) is 57.4 Å². The van der Waals surface area contributed by atoms with E-state index < -0.39 is 16.5 Å². The molecule has 1 atom stereocenters. The van der Waals surface area contributed by atoms with Gasteiger partial charge in [0.25, 0.3) is 0 Å². The van der Waals surface area contributed by atoms with Gasteiger partial charge in [-0.2, -0.15) is 12.6 Å². The zero-order chi connectivity index (χ0) is 31.9. The molecule has 6 nitrogen and oxygen atoms in total. The number of aliphatic hydroxyl groups is 1. The first kappa shape index (κ1) is 35.4. The van der Waals surface area contributed by atoms with E-state index in [-0.39, 0.29) is 28.9 Å². The number of methoxy groups -OCH3 is 1. The number of halogens is 2. The standard InChI is InChI=1S/C12H9F2NO.C11H16O.C9H16BNO2S/c1-7(16)12-4-8(6-15-12)10-3-2-9(13)5-11(10)14;1-11(2,3)9-6-5-7-10(8-9)12-4;1-7(12)3-8(2)4-11(5-8)6-9(10,13)14/h2-5H,6H2,1H3;5-8H,1-4H3;13-14H,3-6H2,1-2H3. The van der Waals surface area contributed by atoms with E-state index in [0.717, 1.165) is 24.9 Å². The van der Waals surface area contributed by atoms with Crippen LogP contribution in [-0.4, -0.2) is 73.3 Å². The summed E-state index contributed by atoms with van der Waals surface area (Å²) in [5.41, 5.74) is 2.80. The highest BCUT2D eigenvalue weighted by molar-refractivity contribution is 7.83. The number of ketones is 2. The third-order valence-corrected chi connectivity index (χ3v) is 6.79. The minimum atomic E-state index is -1.43. The number of aliphatic imine (C=N–C) groups is 1. The number of ether oxygens (including phenoxy) is 1. The van der Waals surface area contributed by atoms with Gasteiger partial charge in [-0.3, -0.25) is 14.7 Å². The molecule has 1 saturated heterocycles. The fourth-order valence-electron chi connectivity index (χ4n) is 4.83. The summed E-state index contributed by atoms with van der Waals surface area (Å²) in [6, 6.07) is 11.6. The number of thiol groups is 1. The number of Topliss-reactive ketones (excluding diaryl/α,β-unsaturated/α-hetero) is 2. The van der Waals surface area contributed by atoms with Crippen molar-refractivity contribution in [2.45, 2.75) is 58.2 Å². The first-order chi connectivity index (χ1) is 19.3. The van der Waals surface area contributed by atoms with Crippen molar-refractivity contribution in [2.24, 2.45) is 10.4 Å². The largest absolute Gasteiger partial charge is 0.497 e. The number of carbonyl (C=O) groups excluding carboxylic acids is 2. The molecule has 0 amide bonds. The van der Waals surface area contributed by atoms with Crippen molar-refractivity contribution in [3.8, 4) is 5.75 Å². The van der Waals surface area contributed by atoms with Crippen LogP contribution in [-0.2, 0) is 15.0 Å². The molecule has 0 aromatic heterocycles. The fourth-order valence-corrected chi connectivity index (χ4v) is 5.03. The minimum absolute atomic E-state index is 0.0604. The molecule has 1 unspecified atom stereocenters. The quantitative estimate of drug-likeness (QED) is 0.253. The zero-order valence-electron chi connectivity index (χ0n) is 25.5. The Kier molecular flexibility index (Phi) is 12.3. The molecule has 2 aromatic rings. The molecule has 0 bridgehead atoms. The van der Waals surface area contributed by atoms with Crippen LogP contribution in [0.15, 0.2) is 53.5 Å². The molecule has 10 heteroatoms. The van der Waals surface area contributed by atoms with Crippen LogP contribution in [0.1, 0.15) is 59.1 Å². The van der Waals surface area contributed by atoms with Crippen molar-refractivity contribution in [1.82, 2.24) is 4.90 Å². The molecule has 2 radical (unpaired) electrons. The molecular formula is C32H41BF2N2O4S. The Morgan fingerprint density at radius 1 is 1.14 bits per heavy atom. The molecule has 0 spiro atoms. The molecule has 2 aromatic carbocycles. The molecule has 226 valence electrons. The minimum Gasteiger partial charge on any atom is -0.497 e. The molecule has 1 N–H and O–H groups in total. The number of nitrogens with zero attached hydrogens (tertiary/aromatic N) is 2. The van der Waals surface area contributed by atoms with Gasteiger partial charge in [0.15, 0.2) is 5.78 Å². The highest BCUT2D eigenvalue weighted by atomic mass is 32.1. The van der Waals surface area contributed by atoms with E-state index >= 15 is 0 Å². The number of rotatable bonds is 7. The number of carbonyl (C=O) groups is 2. The van der Waals surface area contributed by atoms with E-state index in [0.29, 0.717) is 29.8 Å². The van der Waals surface area contributed by atoms with E-state index in [1.807, 2.05) is 17.0 Å². The Labute approximate surface area is 255 Å². The second-order valence-corrected chi connectivity index (χ2v) is 13.0. The maximum atomic E-state index is 13.4. The second-order valence-electron chi connectivity index (χ2n) is 12.2. The Hall–Kier alpha value is -2.82. The van der Waals surface area contributed by atoms with Gasteiger partial charge in [-0.05, 0) is 59.2 Å². The van der Waals surface area contributed by atoms with E-state index in [1.165, 1.54) is 24.6 Å². The number of allylic oxidation sites excluding steroid dienone is 1. The van der Waals surface area contributed by atoms with Crippen molar-refractivity contribution in [2.75, 3.05) is 33.3 Å². The lowest BCUT2D eigenvalue weighted by Crippen LogP contribution is -2.58. The van der Waals surface area contributed by atoms with Gasteiger partial charge in [0, 0.05) is 44.6 Å². The lowest BCUT2D eigenvalue weighted by atomic mass is 9.77. The Bertz CT molecular complexity index is 1330. The fraction of sp³-hybridized carbons (Fsp3) is 0.469. The molecular weight excluding hydrogens is 557 g/mol. The second kappa shape index (κ2) is 14.6. The number of benzene rings is 2. The van der Waals surface area contributed by atoms with Crippen LogP contribution in [0.25, 0.3) is 5.57 Å². The third-order valence-electron chi connectivity index (χ3n) is 6.65. The highest BCUT2D eigenvalue weighted by Gasteiger charge is 2.40. The lowest BCUT2D eigenvalue weighted by molar-refractivity contribution is -0.122. The summed E-state index contributed by atoms with van der Waals surface area (Å²) in [7, 11) is 7.04. The number of hydrogen-bond acceptors (Lipinski definition) is 7. The summed E-state index contributed by atoms with van der Waals surface area (Å²) in [6.07, 6.45) is 2.14. The number of hydrogen-bond donors (Lipinski definition) is 2. The van der Waals surface area contributed by atoms with Gasteiger partial charge in [-0.1, -0.05) is 39.8 Å². The maximum absolute atomic E-state index is 13.4. The van der Waals surface area contributed by atoms with Crippen LogP contribution in [0.5, 0.6) is 5.75 Å². The first-order valence-electron chi connectivity index (χ1n) is 13.6. The predicted octanol–water partition coefficient (Wildman–Crippen LogP) is 5.42. The molecule has 2 heterocycles. The normalized spacial score (nSPS) is 17.2. The van der Waals surface area contributed by atoms with Crippen molar-refractivity contribution < 1.29 is 28.2 Å². The van der Waals surface area contributed by atoms with E-state index in [9.17, 15) is 23.5 Å².